The Morgan fingerprint density at radius 2 is 1.79 bits per heavy atom. The summed E-state index contributed by atoms with van der Waals surface area (Å²) in [6.45, 7) is 7.11. The second-order valence-electron chi connectivity index (χ2n) is 10.4. The predicted molar refractivity (Wildman–Crippen MR) is 149 cm³/mol. The van der Waals surface area contributed by atoms with E-state index < -0.39 is 62.3 Å². The van der Waals surface area contributed by atoms with Crippen LogP contribution in [0.15, 0.2) is 6.33 Å². The van der Waals surface area contributed by atoms with E-state index in [0.717, 1.165) is 12.8 Å². The van der Waals surface area contributed by atoms with Crippen molar-refractivity contribution in [2.24, 2.45) is 0 Å². The van der Waals surface area contributed by atoms with Gasteiger partial charge in [0.15, 0.2) is 23.2 Å². The van der Waals surface area contributed by atoms with Crippen LogP contribution in [0.1, 0.15) is 53.7 Å². The van der Waals surface area contributed by atoms with Gasteiger partial charge in [0.1, 0.15) is 29.9 Å². The quantitative estimate of drug-likeness (QED) is 0.123. The molecule has 1 saturated heterocycles. The molecule has 1 aliphatic heterocycles. The molecule has 3 heterocycles. The number of aliphatic hydroxyl groups excluding tert-OH is 1. The summed E-state index contributed by atoms with van der Waals surface area (Å²) in [6.07, 6.45) is -0.565. The van der Waals surface area contributed by atoms with E-state index in [4.69, 9.17) is 24.5 Å². The van der Waals surface area contributed by atoms with Crippen LogP contribution in [0.2, 0.25) is 0 Å². The van der Waals surface area contributed by atoms with Gasteiger partial charge in [-0.1, -0.05) is 0 Å². The number of ether oxygens (including phenoxy) is 3. The van der Waals surface area contributed by atoms with E-state index in [1.54, 1.807) is 13.8 Å². The Kier molecular flexibility index (Phi) is 9.72. The van der Waals surface area contributed by atoms with Crippen LogP contribution in [0.3, 0.4) is 0 Å². The Labute approximate surface area is 242 Å². The SMILES string of the molecule is CCOC(=O)[C@H](C)NP(=O)(N[C@@H](C)C(=O)OCC)OC[C@H]1O[C@@H](n2cnc3c(NC4CC4)nc(N)nc32)[C@](C)(O)[C@@H]1O. The summed E-state index contributed by atoms with van der Waals surface area (Å²) in [7, 11) is -4.19. The number of fused-ring (bicyclic) bond motifs is 1. The molecule has 2 aromatic rings. The number of nitrogens with two attached hydrogens (primary N) is 1. The fourth-order valence-electron chi connectivity index (χ4n) is 4.44. The molecule has 2 aromatic heterocycles. The van der Waals surface area contributed by atoms with Crippen LogP contribution >= 0.6 is 7.67 Å². The van der Waals surface area contributed by atoms with E-state index in [9.17, 15) is 24.4 Å². The van der Waals surface area contributed by atoms with Crippen molar-refractivity contribution in [3.63, 3.8) is 0 Å². The summed E-state index contributed by atoms with van der Waals surface area (Å²) >= 11 is 0. The zero-order chi connectivity index (χ0) is 30.8. The first-order valence-electron chi connectivity index (χ1n) is 13.8. The molecule has 0 radical (unpaired) electrons. The molecule has 0 amide bonds. The Morgan fingerprint density at radius 3 is 2.33 bits per heavy atom. The molecule has 7 N–H and O–H groups in total. The molecule has 2 fully saturated rings. The average Bonchev–Trinajstić information content (AvgIpc) is 3.59. The zero-order valence-corrected chi connectivity index (χ0v) is 25.0. The molecule has 0 spiro atoms. The molecule has 18 heteroatoms. The molecule has 0 unspecified atom stereocenters. The van der Waals surface area contributed by atoms with Crippen LogP contribution in [-0.4, -0.2) is 97.4 Å². The van der Waals surface area contributed by atoms with Crippen LogP contribution in [0.5, 0.6) is 0 Å². The van der Waals surface area contributed by atoms with Crippen molar-refractivity contribution in [3.05, 3.63) is 6.33 Å². The average molecular weight is 615 g/mol. The highest BCUT2D eigenvalue weighted by Gasteiger charge is 2.54. The molecule has 6 atom stereocenters. The Morgan fingerprint density at radius 1 is 1.19 bits per heavy atom. The van der Waals surface area contributed by atoms with Crippen molar-refractivity contribution < 1.29 is 43.1 Å². The van der Waals surface area contributed by atoms with Gasteiger partial charge >= 0.3 is 19.6 Å². The fraction of sp³-hybridized carbons (Fsp3) is 0.708. The largest absolute Gasteiger partial charge is 0.465 e. The van der Waals surface area contributed by atoms with Crippen LogP contribution in [0, 0.1) is 0 Å². The van der Waals surface area contributed by atoms with Crippen molar-refractivity contribution in [1.82, 2.24) is 29.7 Å². The number of rotatable bonds is 14. The number of nitrogens with one attached hydrogen (secondary N) is 3. The minimum Gasteiger partial charge on any atom is -0.465 e. The van der Waals surface area contributed by atoms with Gasteiger partial charge in [0.05, 0.1) is 26.1 Å². The van der Waals surface area contributed by atoms with E-state index in [1.807, 2.05) is 0 Å². The summed E-state index contributed by atoms with van der Waals surface area (Å²) in [6, 6.07) is -1.93. The molecule has 17 nitrogen and oxygen atoms in total. The number of imidazole rings is 1. The van der Waals surface area contributed by atoms with Crippen molar-refractivity contribution in [1.29, 1.82) is 0 Å². The lowest BCUT2D eigenvalue weighted by Crippen LogP contribution is -2.45. The summed E-state index contributed by atoms with van der Waals surface area (Å²) in [4.78, 5) is 37.3. The summed E-state index contributed by atoms with van der Waals surface area (Å²) < 4.78 is 36.8. The number of aromatic nitrogens is 4. The highest BCUT2D eigenvalue weighted by molar-refractivity contribution is 7.54. The van der Waals surface area contributed by atoms with Crippen LogP contribution < -0.4 is 21.2 Å². The van der Waals surface area contributed by atoms with Crippen LogP contribution in [0.4, 0.5) is 11.8 Å². The lowest BCUT2D eigenvalue weighted by Gasteiger charge is -2.28. The number of aliphatic hydroxyl groups is 2. The van der Waals surface area contributed by atoms with Gasteiger partial charge in [-0.15, -0.1) is 0 Å². The lowest BCUT2D eigenvalue weighted by molar-refractivity contribution is -0.145. The number of nitrogen functional groups attached to an aromatic ring is 1. The lowest BCUT2D eigenvalue weighted by atomic mass is 9.96. The molecule has 0 aromatic carbocycles. The fourth-order valence-corrected chi connectivity index (χ4v) is 6.26. The zero-order valence-electron chi connectivity index (χ0n) is 24.1. The van der Waals surface area contributed by atoms with Crippen molar-refractivity contribution in [3.8, 4) is 0 Å². The third-order valence-electron chi connectivity index (χ3n) is 6.79. The summed E-state index contributed by atoms with van der Waals surface area (Å²) in [5.41, 5.74) is 4.73. The van der Waals surface area contributed by atoms with E-state index in [2.05, 4.69) is 30.4 Å². The van der Waals surface area contributed by atoms with Crippen molar-refractivity contribution in [2.45, 2.75) is 89.6 Å². The Bertz CT molecular complexity index is 1310. The van der Waals surface area contributed by atoms with E-state index in [-0.39, 0.29) is 30.9 Å². The van der Waals surface area contributed by atoms with Gasteiger partial charge in [-0.25, -0.2) is 15.2 Å². The second-order valence-corrected chi connectivity index (χ2v) is 12.3. The van der Waals surface area contributed by atoms with Gasteiger partial charge in [-0.05, 0) is 47.5 Å². The number of hydrogen-bond acceptors (Lipinski definition) is 14. The first-order valence-corrected chi connectivity index (χ1v) is 15.4. The molecular formula is C24H39N8O9P. The molecule has 0 bridgehead atoms. The molecule has 234 valence electrons. The number of esters is 2. The van der Waals surface area contributed by atoms with Crippen molar-refractivity contribution in [2.75, 3.05) is 30.9 Å². The Balaban J connectivity index is 1.54. The minimum absolute atomic E-state index is 0.0185. The van der Waals surface area contributed by atoms with Gasteiger partial charge in [0.2, 0.25) is 5.95 Å². The van der Waals surface area contributed by atoms with E-state index in [1.165, 1.54) is 31.7 Å². The predicted octanol–water partition coefficient (Wildman–Crippen LogP) is 0.199. The first kappa shape index (κ1) is 32.0. The number of hydrogen-bond donors (Lipinski definition) is 6. The van der Waals surface area contributed by atoms with Crippen LogP contribution in [-0.2, 0) is 32.9 Å². The molecule has 42 heavy (non-hydrogen) atoms. The van der Waals surface area contributed by atoms with Gasteiger partial charge < -0.3 is 40.0 Å². The minimum atomic E-state index is -4.19. The normalized spacial score (nSPS) is 25.7. The number of nitrogens with zero attached hydrogens (tertiary/aromatic N) is 4. The maximum atomic E-state index is 13.8. The number of carbonyl (C=O) groups excluding carboxylic acids is 2. The number of carbonyl (C=O) groups is 2. The summed E-state index contributed by atoms with van der Waals surface area (Å²) in [5, 5.41) is 30.7. The summed E-state index contributed by atoms with van der Waals surface area (Å²) in [5.74, 6) is -0.969. The second kappa shape index (κ2) is 12.8. The van der Waals surface area contributed by atoms with Crippen LogP contribution in [0.25, 0.3) is 11.2 Å². The maximum Gasteiger partial charge on any atom is 0.342 e. The third-order valence-corrected chi connectivity index (χ3v) is 8.76. The molecule has 2 aliphatic rings. The molecular weight excluding hydrogens is 575 g/mol. The van der Waals surface area contributed by atoms with E-state index >= 15 is 0 Å². The first-order chi connectivity index (χ1) is 19.8. The molecule has 1 saturated carbocycles. The smallest absolute Gasteiger partial charge is 0.342 e. The monoisotopic (exact) mass is 614 g/mol. The van der Waals surface area contributed by atoms with Crippen molar-refractivity contribution >= 4 is 42.5 Å². The highest BCUT2D eigenvalue weighted by atomic mass is 31.2. The Hall–Kier alpha value is -2.92. The van der Waals surface area contributed by atoms with E-state index in [0.29, 0.717) is 11.3 Å². The van der Waals surface area contributed by atoms with Gasteiger partial charge in [0.25, 0.3) is 0 Å². The standard InChI is InChI=1S/C24H39N8O9P/c1-6-38-20(34)12(3)30-42(37,31-13(4)21(35)39-7-2)40-10-15-17(33)24(5,36)22(41-15)32-11-26-16-18(27-14-8-9-14)28-23(25)29-19(16)32/h11-15,17,22,33,36H,6-10H2,1-5H3,(H2,30,31,37)(H3,25,27,28,29)/t12-,13-,15+,17+,22+,24+/m0/s1. The topological polar surface area (TPSA) is 234 Å². The molecule has 1 aliphatic carbocycles. The molecule has 4 rings (SSSR count). The van der Waals surface area contributed by atoms with Gasteiger partial charge in [-0.3, -0.25) is 18.7 Å². The third kappa shape index (κ3) is 6.99. The van der Waals surface area contributed by atoms with Gasteiger partial charge in [0, 0.05) is 6.04 Å². The maximum absolute atomic E-state index is 13.8. The number of anilines is 2. The highest BCUT2D eigenvalue weighted by Crippen LogP contribution is 2.44. The van der Waals surface area contributed by atoms with Gasteiger partial charge in [-0.2, -0.15) is 9.97 Å².